The molecule has 12 aromatic rings. The first kappa shape index (κ1) is 26.0. The van der Waals surface area contributed by atoms with E-state index < -0.39 is 48.3 Å². The van der Waals surface area contributed by atoms with Gasteiger partial charge in [-0.3, -0.25) is 0 Å². The third-order valence-corrected chi connectivity index (χ3v) is 10.9. The van der Waals surface area contributed by atoms with E-state index in [0.29, 0.717) is 39.7 Å². The van der Waals surface area contributed by atoms with Crippen LogP contribution in [0.4, 0.5) is 0 Å². The molecule has 0 aliphatic rings. The van der Waals surface area contributed by atoms with Crippen molar-refractivity contribution in [3.8, 4) is 67.5 Å². The number of hydrogen-bond donors (Lipinski definition) is 0. The summed E-state index contributed by atoms with van der Waals surface area (Å²) < 4.78 is 91.5. The molecule has 0 unspecified atom stereocenters. The summed E-state index contributed by atoms with van der Waals surface area (Å²) >= 11 is 0. The van der Waals surface area contributed by atoms with E-state index in [4.69, 9.17) is 34.8 Å². The van der Waals surface area contributed by atoms with Crippen molar-refractivity contribution >= 4 is 54.6 Å². The van der Waals surface area contributed by atoms with Gasteiger partial charge in [0.15, 0.2) is 17.5 Å². The highest BCUT2D eigenvalue weighted by molar-refractivity contribution is 6.19. The summed E-state index contributed by atoms with van der Waals surface area (Å²) in [5.41, 5.74) is 7.87. The summed E-state index contributed by atoms with van der Waals surface area (Å²) in [6, 6.07) is 43.2. The molecule has 0 aliphatic carbocycles. The fraction of sp³-hybridized carbons (Fsp3) is 0. The molecule has 5 nitrogen and oxygen atoms in total. The summed E-state index contributed by atoms with van der Waals surface area (Å²) in [5.74, 6) is 1.16. The van der Waals surface area contributed by atoms with Crippen LogP contribution >= 0.6 is 0 Å². The predicted molar refractivity (Wildman–Crippen MR) is 245 cm³/mol. The van der Waals surface area contributed by atoms with Crippen LogP contribution in [0.5, 0.6) is 0 Å². The molecule has 3 heterocycles. The van der Waals surface area contributed by atoms with E-state index >= 15 is 0 Å². The normalized spacial score (nSPS) is 13.8. The third kappa shape index (κ3) is 5.75. The van der Waals surface area contributed by atoms with Crippen LogP contribution in [0.25, 0.3) is 122 Å². The lowest BCUT2D eigenvalue weighted by atomic mass is 9.95. The molecule has 280 valence electrons. The molecule has 0 aliphatic heterocycles. The van der Waals surface area contributed by atoms with E-state index in [-0.39, 0.29) is 44.3 Å². The molecule has 3 aromatic heterocycles. The minimum atomic E-state index is -0.528. The van der Waals surface area contributed by atoms with Crippen LogP contribution in [0, 0.1) is 0 Å². The van der Waals surface area contributed by atoms with E-state index in [9.17, 15) is 1.37 Å². The molecule has 0 bridgehead atoms. The average Bonchev–Trinajstić information content (AvgIpc) is 3.98. The Bertz CT molecular complexity index is 4120. The number of benzene rings is 9. The van der Waals surface area contributed by atoms with Gasteiger partial charge in [-0.1, -0.05) is 158 Å². The molecular formula is C55H33N3O2. The maximum Gasteiger partial charge on any atom is 0.164 e. The van der Waals surface area contributed by atoms with Crippen molar-refractivity contribution in [2.24, 2.45) is 0 Å². The van der Waals surface area contributed by atoms with E-state index in [1.54, 1.807) is 24.3 Å². The number of furan rings is 2. The van der Waals surface area contributed by atoms with Crippen molar-refractivity contribution in [1.82, 2.24) is 15.0 Å². The summed E-state index contributed by atoms with van der Waals surface area (Å²) in [6.07, 6.45) is 0. The summed E-state index contributed by atoms with van der Waals surface area (Å²) in [6.45, 7) is 0. The van der Waals surface area contributed by atoms with Crippen LogP contribution < -0.4 is 0 Å². The highest BCUT2D eigenvalue weighted by Gasteiger charge is 2.18. The molecule has 0 saturated carbocycles. The molecule has 0 saturated heterocycles. The topological polar surface area (TPSA) is 65.0 Å². The summed E-state index contributed by atoms with van der Waals surface area (Å²) in [5, 5.41) is 1.86. The SMILES string of the molecule is [2H]c1c([2H])c([2H])c2c(oc3c4c([2H])c([2H])c([2H])c([2H])c4c(-c4ccc(-c5nc(-c6cccc(-c7ccccc7)c6)nc(-c6ccc7c(c6)oc6ccc(-c8ccccc8)cc67)n5)cc4)c([2H])c32)c1[2H]. The molecule has 0 fully saturated rings. The molecule has 0 radical (unpaired) electrons. The van der Waals surface area contributed by atoms with Gasteiger partial charge < -0.3 is 8.83 Å². The lowest BCUT2D eigenvalue weighted by Crippen LogP contribution is -2.00. The zero-order valence-corrected chi connectivity index (χ0v) is 31.5. The fourth-order valence-corrected chi connectivity index (χ4v) is 7.93. The van der Waals surface area contributed by atoms with Gasteiger partial charge >= 0.3 is 0 Å². The first-order valence-corrected chi connectivity index (χ1v) is 19.3. The maximum absolute atomic E-state index is 9.62. The van der Waals surface area contributed by atoms with Crippen LogP contribution in [0.1, 0.15) is 12.3 Å². The Kier molecular flexibility index (Phi) is 5.95. The Morgan fingerprint density at radius 1 is 0.333 bits per heavy atom. The van der Waals surface area contributed by atoms with Gasteiger partial charge in [0.2, 0.25) is 0 Å². The van der Waals surface area contributed by atoms with Gasteiger partial charge in [-0.15, -0.1) is 0 Å². The molecular weight excluding hydrogens is 735 g/mol. The maximum atomic E-state index is 9.62. The standard InChI is InChI=1S/C55H33N3O2/c1-3-12-34(13-4-1)38-16-11-17-40(30-38)54-56-53(57-55(58-54)41-26-28-44-47-31-39(35-14-5-2-6-15-35)27-29-50(47)59-51(44)32-41)37-24-22-36(23-25-37)46-33-48-43-19-9-10-21-49(43)60-52(48)45-20-8-7-18-42(45)46/h1-33H/i7D,8D,9D,10D,18D,19D,20D,21D,33D. The second-order valence-electron chi connectivity index (χ2n) is 14.5. The zero-order chi connectivity index (χ0) is 47.4. The smallest absolute Gasteiger partial charge is 0.164 e. The Morgan fingerprint density at radius 3 is 1.65 bits per heavy atom. The minimum Gasteiger partial charge on any atom is -0.456 e. The van der Waals surface area contributed by atoms with E-state index in [1.807, 2.05) is 103 Å². The second kappa shape index (κ2) is 13.8. The molecule has 5 heteroatoms. The van der Waals surface area contributed by atoms with Crippen LogP contribution in [0.2, 0.25) is 0 Å². The lowest BCUT2D eigenvalue weighted by Gasteiger charge is -2.11. The van der Waals surface area contributed by atoms with E-state index in [2.05, 4.69) is 18.2 Å². The van der Waals surface area contributed by atoms with Gasteiger partial charge in [0.25, 0.3) is 0 Å². The van der Waals surface area contributed by atoms with Gasteiger partial charge in [-0.2, -0.15) is 0 Å². The monoisotopic (exact) mass is 776 g/mol. The zero-order valence-electron chi connectivity index (χ0n) is 40.5. The Morgan fingerprint density at radius 2 is 0.900 bits per heavy atom. The summed E-state index contributed by atoms with van der Waals surface area (Å²) in [4.78, 5) is 15.1. The van der Waals surface area contributed by atoms with Gasteiger partial charge in [-0.25, -0.2) is 15.0 Å². The van der Waals surface area contributed by atoms with Crippen molar-refractivity contribution in [1.29, 1.82) is 0 Å². The number of rotatable bonds is 6. The second-order valence-corrected chi connectivity index (χ2v) is 14.5. The number of hydrogen-bond acceptors (Lipinski definition) is 5. The van der Waals surface area contributed by atoms with E-state index in [1.165, 1.54) is 0 Å². The van der Waals surface area contributed by atoms with Crippen LogP contribution in [-0.2, 0) is 0 Å². The van der Waals surface area contributed by atoms with Gasteiger partial charge in [0.1, 0.15) is 22.3 Å². The Hall–Kier alpha value is -8.15. The number of fused-ring (bicyclic) bond motifs is 8. The Balaban J connectivity index is 1.03. The molecule has 60 heavy (non-hydrogen) atoms. The number of para-hydroxylation sites is 1. The van der Waals surface area contributed by atoms with Crippen molar-refractivity contribution in [2.75, 3.05) is 0 Å². The van der Waals surface area contributed by atoms with Gasteiger partial charge in [0, 0.05) is 43.6 Å². The molecule has 12 rings (SSSR count). The quantitative estimate of drug-likeness (QED) is 0.168. The van der Waals surface area contributed by atoms with Crippen LogP contribution in [-0.4, -0.2) is 15.0 Å². The highest BCUT2D eigenvalue weighted by atomic mass is 16.3. The lowest BCUT2D eigenvalue weighted by molar-refractivity contribution is 0.669. The van der Waals surface area contributed by atoms with Gasteiger partial charge in [0.05, 0.1) is 12.3 Å². The molecule has 0 spiro atoms. The number of nitrogens with zero attached hydrogens (tertiary/aromatic N) is 3. The highest BCUT2D eigenvalue weighted by Crippen LogP contribution is 2.41. The Labute approximate surface area is 357 Å². The largest absolute Gasteiger partial charge is 0.456 e. The number of aromatic nitrogens is 3. The summed E-state index contributed by atoms with van der Waals surface area (Å²) in [7, 11) is 0. The van der Waals surface area contributed by atoms with E-state index in [0.717, 1.165) is 44.2 Å². The fourth-order valence-electron chi connectivity index (χ4n) is 7.93. The molecule has 9 aromatic carbocycles. The van der Waals surface area contributed by atoms with Crippen LogP contribution in [0.3, 0.4) is 0 Å². The third-order valence-electron chi connectivity index (χ3n) is 10.9. The first-order valence-electron chi connectivity index (χ1n) is 23.8. The minimum absolute atomic E-state index is 0.0103. The van der Waals surface area contributed by atoms with Gasteiger partial charge in [-0.05, 0) is 81.2 Å². The predicted octanol–water partition coefficient (Wildman–Crippen LogP) is 14.8. The van der Waals surface area contributed by atoms with Crippen molar-refractivity contribution in [3.63, 3.8) is 0 Å². The first-order chi connectivity index (χ1) is 33.4. The average molecular weight is 777 g/mol. The van der Waals surface area contributed by atoms with Crippen molar-refractivity contribution in [2.45, 2.75) is 0 Å². The van der Waals surface area contributed by atoms with Crippen molar-refractivity contribution in [3.05, 3.63) is 200 Å². The van der Waals surface area contributed by atoms with Crippen LogP contribution in [0.15, 0.2) is 209 Å². The van der Waals surface area contributed by atoms with Crippen molar-refractivity contribution < 1.29 is 21.2 Å². The molecule has 0 N–H and O–H groups in total. The molecule has 0 amide bonds. The molecule has 0 atom stereocenters.